The normalized spacial score (nSPS) is 10.7. The van der Waals surface area contributed by atoms with Crippen LogP contribution in [0.4, 0.5) is 0 Å². The minimum atomic E-state index is 0.811. The second-order valence-corrected chi connectivity index (χ2v) is 5.53. The van der Waals surface area contributed by atoms with Crippen molar-refractivity contribution in [3.63, 3.8) is 0 Å². The highest BCUT2D eigenvalue weighted by atomic mass is 79.9. The summed E-state index contributed by atoms with van der Waals surface area (Å²) in [6.07, 6.45) is 0. The molecule has 0 aliphatic rings. The molecule has 0 aliphatic carbocycles. The lowest BCUT2D eigenvalue weighted by Crippen LogP contribution is -1.93. The molecule has 5 heteroatoms. The third-order valence-electron chi connectivity index (χ3n) is 2.83. The Kier molecular flexibility index (Phi) is 4.12. The van der Waals surface area contributed by atoms with Crippen LogP contribution in [0, 0.1) is 13.8 Å². The summed E-state index contributed by atoms with van der Waals surface area (Å²) < 4.78 is 8.78. The Morgan fingerprint density at radius 3 is 2.56 bits per heavy atom. The van der Waals surface area contributed by atoms with Crippen LogP contribution < -0.4 is 4.74 Å². The van der Waals surface area contributed by atoms with Crippen LogP contribution in [0.2, 0.25) is 0 Å². The molecule has 0 atom stereocenters. The van der Waals surface area contributed by atoms with E-state index in [9.17, 15) is 0 Å². The van der Waals surface area contributed by atoms with Gasteiger partial charge in [0, 0.05) is 16.9 Å². The number of halogens is 2. The number of ether oxygens (including phenoxy) is 1. The van der Waals surface area contributed by atoms with Crippen molar-refractivity contribution in [2.45, 2.75) is 19.2 Å². The Morgan fingerprint density at radius 1 is 1.33 bits per heavy atom. The minimum absolute atomic E-state index is 0.811. The maximum atomic E-state index is 5.91. The second-order valence-electron chi connectivity index (χ2n) is 4.11. The van der Waals surface area contributed by atoms with Crippen molar-refractivity contribution < 1.29 is 4.74 Å². The number of rotatable bonds is 3. The van der Waals surface area contributed by atoms with Crippen molar-refractivity contribution in [2.75, 3.05) is 0 Å². The van der Waals surface area contributed by atoms with Crippen LogP contribution in [0.3, 0.4) is 0 Å². The molecular weight excluding hydrogens is 360 g/mol. The molecule has 1 aromatic heterocycles. The van der Waals surface area contributed by atoms with Gasteiger partial charge in [-0.2, -0.15) is 5.10 Å². The monoisotopic (exact) mass is 372 g/mol. The molecule has 0 N–H and O–H groups in total. The van der Waals surface area contributed by atoms with Crippen LogP contribution in [-0.4, -0.2) is 9.78 Å². The Morgan fingerprint density at radius 2 is 2.06 bits per heavy atom. The molecule has 0 unspecified atom stereocenters. The van der Waals surface area contributed by atoms with E-state index in [0.29, 0.717) is 0 Å². The molecule has 2 rings (SSSR count). The van der Waals surface area contributed by atoms with E-state index in [2.05, 4.69) is 37.0 Å². The largest absolute Gasteiger partial charge is 0.453 e. The summed E-state index contributed by atoms with van der Waals surface area (Å²) in [5, 5.41) is 5.15. The van der Waals surface area contributed by atoms with Gasteiger partial charge in [-0.25, -0.2) is 0 Å². The van der Waals surface area contributed by atoms with Gasteiger partial charge in [-0.3, -0.25) is 4.68 Å². The van der Waals surface area contributed by atoms with Gasteiger partial charge >= 0.3 is 0 Å². The zero-order chi connectivity index (χ0) is 13.3. The van der Waals surface area contributed by atoms with Gasteiger partial charge in [-0.05, 0) is 31.5 Å². The Labute approximate surface area is 123 Å². The molecule has 18 heavy (non-hydrogen) atoms. The maximum Gasteiger partial charge on any atom is 0.171 e. The molecule has 0 aliphatic heterocycles. The average molecular weight is 374 g/mol. The highest BCUT2D eigenvalue weighted by Gasteiger charge is 2.12. The Balaban J connectivity index is 2.31. The van der Waals surface area contributed by atoms with Gasteiger partial charge in [-0.1, -0.05) is 37.9 Å². The summed E-state index contributed by atoms with van der Waals surface area (Å²) in [4.78, 5) is 0. The molecule has 0 fully saturated rings. The Bertz CT molecular complexity index is 579. The van der Waals surface area contributed by atoms with Gasteiger partial charge in [0.15, 0.2) is 5.75 Å². The van der Waals surface area contributed by atoms with Crippen molar-refractivity contribution in [3.05, 3.63) is 39.6 Å². The molecule has 96 valence electrons. The summed E-state index contributed by atoms with van der Waals surface area (Å²) in [5.41, 5.74) is 3.12. The number of aromatic nitrogens is 2. The zero-order valence-electron chi connectivity index (χ0n) is 10.5. The highest BCUT2D eigenvalue weighted by molar-refractivity contribution is 9.10. The molecule has 1 heterocycles. The summed E-state index contributed by atoms with van der Waals surface area (Å²) in [7, 11) is 1.92. The van der Waals surface area contributed by atoms with Gasteiger partial charge in [0.2, 0.25) is 0 Å². The van der Waals surface area contributed by atoms with Crippen LogP contribution in [0.25, 0.3) is 0 Å². The van der Waals surface area contributed by atoms with E-state index >= 15 is 0 Å². The number of nitrogens with zero attached hydrogens (tertiary/aromatic N) is 2. The third kappa shape index (κ3) is 2.62. The summed E-state index contributed by atoms with van der Waals surface area (Å²) in [5.74, 6) is 1.64. The van der Waals surface area contributed by atoms with E-state index in [-0.39, 0.29) is 0 Å². The standard InChI is InChI=1S/C13H14Br2N2O/c1-8-13(9(2)17(3)16-8)18-11-5-4-10(7-14)12(15)6-11/h4-6H,7H2,1-3H3. The summed E-state index contributed by atoms with van der Waals surface area (Å²) in [6, 6.07) is 5.98. The lowest BCUT2D eigenvalue weighted by Gasteiger charge is -2.08. The van der Waals surface area contributed by atoms with Crippen LogP contribution in [0.15, 0.2) is 22.7 Å². The topological polar surface area (TPSA) is 27.1 Å². The second kappa shape index (κ2) is 5.45. The molecule has 0 radical (unpaired) electrons. The van der Waals surface area contributed by atoms with Crippen molar-refractivity contribution >= 4 is 31.9 Å². The first-order valence-electron chi connectivity index (χ1n) is 5.55. The van der Waals surface area contributed by atoms with Gasteiger partial charge < -0.3 is 4.74 Å². The zero-order valence-corrected chi connectivity index (χ0v) is 13.7. The summed E-state index contributed by atoms with van der Waals surface area (Å²) in [6.45, 7) is 3.95. The van der Waals surface area contributed by atoms with Gasteiger partial charge in [-0.15, -0.1) is 0 Å². The first kappa shape index (κ1) is 13.6. The van der Waals surface area contributed by atoms with Crippen LogP contribution in [0.5, 0.6) is 11.5 Å². The minimum Gasteiger partial charge on any atom is -0.453 e. The highest BCUT2D eigenvalue weighted by Crippen LogP contribution is 2.31. The van der Waals surface area contributed by atoms with Crippen molar-refractivity contribution in [1.29, 1.82) is 0 Å². The molecular formula is C13H14Br2N2O. The van der Waals surface area contributed by atoms with Gasteiger partial charge in [0.25, 0.3) is 0 Å². The number of benzene rings is 1. The van der Waals surface area contributed by atoms with Crippen molar-refractivity contribution in [2.24, 2.45) is 7.05 Å². The van der Waals surface area contributed by atoms with E-state index in [1.54, 1.807) is 0 Å². The van der Waals surface area contributed by atoms with Crippen LogP contribution in [-0.2, 0) is 12.4 Å². The Hall–Kier alpha value is -0.810. The van der Waals surface area contributed by atoms with Gasteiger partial charge in [0.05, 0.1) is 5.69 Å². The molecule has 0 saturated carbocycles. The fraction of sp³-hybridized carbons (Fsp3) is 0.308. The van der Waals surface area contributed by atoms with E-state index in [0.717, 1.165) is 32.7 Å². The molecule has 3 nitrogen and oxygen atoms in total. The summed E-state index contributed by atoms with van der Waals surface area (Å²) >= 11 is 6.97. The fourth-order valence-electron chi connectivity index (χ4n) is 1.72. The van der Waals surface area contributed by atoms with Crippen molar-refractivity contribution in [1.82, 2.24) is 9.78 Å². The molecule has 0 amide bonds. The van der Waals surface area contributed by atoms with E-state index in [4.69, 9.17) is 4.74 Å². The van der Waals surface area contributed by atoms with E-state index in [1.165, 1.54) is 5.56 Å². The molecule has 0 bridgehead atoms. The first-order valence-corrected chi connectivity index (χ1v) is 7.46. The fourth-order valence-corrected chi connectivity index (χ4v) is 3.08. The SMILES string of the molecule is Cc1nn(C)c(C)c1Oc1ccc(CBr)c(Br)c1. The molecule has 2 aromatic rings. The molecule has 0 saturated heterocycles. The molecule has 0 spiro atoms. The predicted molar refractivity (Wildman–Crippen MR) is 79.5 cm³/mol. The maximum absolute atomic E-state index is 5.91. The number of alkyl halides is 1. The lowest BCUT2D eigenvalue weighted by atomic mass is 10.2. The van der Waals surface area contributed by atoms with E-state index < -0.39 is 0 Å². The van der Waals surface area contributed by atoms with Crippen LogP contribution >= 0.6 is 31.9 Å². The molecule has 1 aromatic carbocycles. The van der Waals surface area contributed by atoms with Crippen molar-refractivity contribution in [3.8, 4) is 11.5 Å². The number of hydrogen-bond acceptors (Lipinski definition) is 2. The lowest BCUT2D eigenvalue weighted by molar-refractivity contribution is 0.473. The number of aryl methyl sites for hydroxylation is 2. The average Bonchev–Trinajstić information content (AvgIpc) is 2.56. The van der Waals surface area contributed by atoms with E-state index in [1.807, 2.05) is 43.8 Å². The first-order chi connectivity index (χ1) is 8.52. The quantitative estimate of drug-likeness (QED) is 0.741. The smallest absolute Gasteiger partial charge is 0.171 e. The third-order valence-corrected chi connectivity index (χ3v) is 4.17. The van der Waals surface area contributed by atoms with Crippen LogP contribution in [0.1, 0.15) is 17.0 Å². The predicted octanol–water partition coefficient (Wildman–Crippen LogP) is 4.49. The van der Waals surface area contributed by atoms with Gasteiger partial charge in [0.1, 0.15) is 11.4 Å². The number of hydrogen-bond donors (Lipinski definition) is 0.